The zero-order valence-corrected chi connectivity index (χ0v) is 20.6. The second kappa shape index (κ2) is 11.1. The van der Waals surface area contributed by atoms with Gasteiger partial charge < -0.3 is 34.4 Å². The molecular weight excluding hydrogens is 427 g/mol. The number of benzene rings is 1. The first-order valence-electron chi connectivity index (χ1n) is 7.88. The van der Waals surface area contributed by atoms with Crippen LogP contribution in [0.2, 0.25) is 0 Å². The van der Waals surface area contributed by atoms with Gasteiger partial charge in [-0.25, -0.2) is 4.68 Å². The molecule has 0 saturated carbocycles. The summed E-state index contributed by atoms with van der Waals surface area (Å²) >= 11 is 0. The molecule has 29 heavy (non-hydrogen) atoms. The molecule has 2 aromatic rings. The molecule has 1 aliphatic rings. The molecule has 1 fully saturated rings. The summed E-state index contributed by atoms with van der Waals surface area (Å²) in [5.41, 5.74) is 1.16. The first-order valence-corrected chi connectivity index (χ1v) is 9.61. The maximum Gasteiger partial charge on any atom is 1.00 e. The molecule has 0 bridgehead atoms. The predicted octanol–water partition coefficient (Wildman–Crippen LogP) is -8.34. The Labute approximate surface area is 209 Å². The summed E-state index contributed by atoms with van der Waals surface area (Å²) in [6.45, 7) is 0. The van der Waals surface area contributed by atoms with Crippen LogP contribution in [0.5, 0.6) is 0 Å². The van der Waals surface area contributed by atoms with Crippen molar-refractivity contribution in [1.82, 2.24) is 15.0 Å². The van der Waals surface area contributed by atoms with Gasteiger partial charge in [-0.3, -0.25) is 4.79 Å². The molecule has 0 aliphatic carbocycles. The Morgan fingerprint density at radius 3 is 2.52 bits per heavy atom. The molecule has 3 rings (SSSR count). The van der Waals surface area contributed by atoms with Gasteiger partial charge in [0.15, 0.2) is 12.5 Å². The first kappa shape index (κ1) is 27.1. The molecule has 0 radical (unpaired) electrons. The van der Waals surface area contributed by atoms with Gasteiger partial charge in [-0.1, -0.05) is 37.1 Å². The maximum atomic E-state index is 11.1. The second-order valence-electron chi connectivity index (χ2n) is 6.12. The minimum Gasteiger partial charge on any atom is -0.811 e. The first-order chi connectivity index (χ1) is 12.7. The van der Waals surface area contributed by atoms with Crippen LogP contribution in [-0.2, 0) is 9.30 Å². The Balaban J connectivity index is 0.00000210. The van der Waals surface area contributed by atoms with E-state index in [1.54, 1.807) is 24.3 Å². The SMILES string of the molecule is O=Cc1ccccc1-c1cn([C@@H]2O[C@H]([C@H](O)CP(=O)([O-])[O-])[C@@H](O)[C@H]2O)nn1.[Na+].[Na+]. The Bertz CT molecular complexity index is 879. The van der Waals surface area contributed by atoms with E-state index in [2.05, 4.69) is 10.3 Å². The van der Waals surface area contributed by atoms with Gasteiger partial charge in [0.25, 0.3) is 0 Å². The van der Waals surface area contributed by atoms with E-state index in [1.165, 1.54) is 6.20 Å². The van der Waals surface area contributed by atoms with Gasteiger partial charge in [0, 0.05) is 17.3 Å². The third-order valence-corrected chi connectivity index (χ3v) is 5.02. The van der Waals surface area contributed by atoms with Crippen molar-refractivity contribution in [3.8, 4) is 11.3 Å². The molecule has 0 spiro atoms. The number of aldehydes is 1. The minimum absolute atomic E-state index is 0. The van der Waals surface area contributed by atoms with Crippen LogP contribution in [0.25, 0.3) is 11.3 Å². The number of nitrogens with zero attached hydrogens (tertiary/aromatic N) is 3. The van der Waals surface area contributed by atoms with Crippen molar-refractivity contribution < 1.29 is 98.3 Å². The molecule has 1 aromatic heterocycles. The van der Waals surface area contributed by atoms with Gasteiger partial charge in [0.1, 0.15) is 24.0 Å². The summed E-state index contributed by atoms with van der Waals surface area (Å²) in [6.07, 6.45) is -6.94. The Morgan fingerprint density at radius 1 is 1.24 bits per heavy atom. The molecule has 0 unspecified atom stereocenters. The van der Waals surface area contributed by atoms with Crippen LogP contribution in [0.3, 0.4) is 0 Å². The van der Waals surface area contributed by atoms with Crippen LogP contribution >= 0.6 is 7.60 Å². The van der Waals surface area contributed by atoms with Gasteiger partial charge >= 0.3 is 59.1 Å². The fourth-order valence-corrected chi connectivity index (χ4v) is 3.58. The molecule has 2 heterocycles. The van der Waals surface area contributed by atoms with Crippen molar-refractivity contribution in [3.63, 3.8) is 0 Å². The zero-order valence-electron chi connectivity index (χ0n) is 15.7. The molecule has 1 saturated heterocycles. The number of rotatable bonds is 6. The molecule has 3 N–H and O–H groups in total. The second-order valence-corrected chi connectivity index (χ2v) is 7.71. The number of aliphatic hydroxyl groups is 3. The van der Waals surface area contributed by atoms with E-state index >= 15 is 0 Å². The predicted molar refractivity (Wildman–Crippen MR) is 85.2 cm³/mol. The van der Waals surface area contributed by atoms with Gasteiger partial charge in [0.2, 0.25) is 0 Å². The van der Waals surface area contributed by atoms with Gasteiger partial charge in [0.05, 0.1) is 12.3 Å². The van der Waals surface area contributed by atoms with E-state index in [4.69, 9.17) is 4.74 Å². The van der Waals surface area contributed by atoms with Gasteiger partial charge in [-0.15, -0.1) is 5.10 Å². The third kappa shape index (κ3) is 6.27. The van der Waals surface area contributed by atoms with Crippen LogP contribution in [0.4, 0.5) is 0 Å². The quantitative estimate of drug-likeness (QED) is 0.220. The topological polar surface area (TPSA) is 181 Å². The maximum absolute atomic E-state index is 11.1. The molecule has 0 amide bonds. The molecular formula is C15H16N3Na2O8P. The largest absolute Gasteiger partial charge is 1.00 e. The average molecular weight is 443 g/mol. The Hall–Kier alpha value is 0.0200. The van der Waals surface area contributed by atoms with Gasteiger partial charge in [-0.05, 0) is 0 Å². The van der Waals surface area contributed by atoms with E-state index in [1.807, 2.05) is 0 Å². The fourth-order valence-electron chi connectivity index (χ4n) is 2.91. The standard InChI is InChI=1S/C15H18N3O8P.2Na/c19-6-8-3-1-2-4-9(8)10-5-18(17-16-10)15-13(22)12(21)14(26-15)11(20)7-27(23,24)25;;/h1-6,11-15,20-22H,7H2,(H2,23,24,25);;/q;2*+1/p-2/t11-,12+,13-,14-,15-;;/m1../s1. The molecule has 5 atom stereocenters. The van der Waals surface area contributed by atoms with Crippen molar-refractivity contribution in [1.29, 1.82) is 0 Å². The Kier molecular flexibility index (Phi) is 10.3. The Morgan fingerprint density at radius 2 is 1.90 bits per heavy atom. The van der Waals surface area contributed by atoms with E-state index in [0.29, 0.717) is 23.1 Å². The minimum atomic E-state index is -5.05. The number of hydrogen-bond acceptors (Lipinski definition) is 10. The number of aromatic nitrogens is 3. The molecule has 146 valence electrons. The summed E-state index contributed by atoms with van der Waals surface area (Å²) < 4.78 is 17.2. The monoisotopic (exact) mass is 443 g/mol. The van der Waals surface area contributed by atoms with Crippen LogP contribution < -0.4 is 68.9 Å². The molecule has 1 aromatic carbocycles. The van der Waals surface area contributed by atoms with Crippen LogP contribution in [0.1, 0.15) is 16.6 Å². The zero-order chi connectivity index (χ0) is 19.8. The van der Waals surface area contributed by atoms with Crippen molar-refractivity contribution in [3.05, 3.63) is 36.0 Å². The third-order valence-electron chi connectivity index (χ3n) is 4.20. The summed E-state index contributed by atoms with van der Waals surface area (Å²) in [5, 5.41) is 37.7. The number of ether oxygens (including phenoxy) is 1. The normalized spacial score (nSPS) is 25.0. The summed E-state index contributed by atoms with van der Waals surface area (Å²) in [5.74, 6) is 0. The van der Waals surface area contributed by atoms with Gasteiger partial charge in [-0.2, -0.15) is 0 Å². The van der Waals surface area contributed by atoms with Crippen LogP contribution in [0, 0.1) is 0 Å². The fraction of sp³-hybridized carbons (Fsp3) is 0.400. The number of carbonyl (C=O) groups is 1. The number of aliphatic hydroxyl groups excluding tert-OH is 3. The van der Waals surface area contributed by atoms with E-state index in [9.17, 15) is 34.5 Å². The van der Waals surface area contributed by atoms with E-state index in [0.717, 1.165) is 4.68 Å². The van der Waals surface area contributed by atoms with Crippen molar-refractivity contribution in [2.75, 3.05) is 6.16 Å². The van der Waals surface area contributed by atoms with Crippen molar-refractivity contribution in [2.45, 2.75) is 30.6 Å². The molecule has 11 nitrogen and oxygen atoms in total. The molecule has 14 heteroatoms. The van der Waals surface area contributed by atoms with E-state index in [-0.39, 0.29) is 59.1 Å². The van der Waals surface area contributed by atoms with E-state index < -0.39 is 44.4 Å². The molecule has 1 aliphatic heterocycles. The summed E-state index contributed by atoms with van der Waals surface area (Å²) in [7, 11) is -5.05. The average Bonchev–Trinajstić information content (AvgIpc) is 3.19. The van der Waals surface area contributed by atoms with Crippen molar-refractivity contribution in [2.24, 2.45) is 0 Å². The van der Waals surface area contributed by atoms with Crippen LogP contribution in [0.15, 0.2) is 30.5 Å². The summed E-state index contributed by atoms with van der Waals surface area (Å²) in [4.78, 5) is 32.8. The number of carbonyl (C=O) groups excluding carboxylic acids is 1. The van der Waals surface area contributed by atoms with Crippen molar-refractivity contribution >= 4 is 13.9 Å². The van der Waals surface area contributed by atoms with Crippen LogP contribution in [-0.4, -0.2) is 67.2 Å². The number of hydrogen-bond donors (Lipinski definition) is 3. The smallest absolute Gasteiger partial charge is 0.811 e. The summed E-state index contributed by atoms with van der Waals surface area (Å²) in [6, 6.07) is 6.60.